The summed E-state index contributed by atoms with van der Waals surface area (Å²) in [7, 11) is 0. The van der Waals surface area contributed by atoms with Gasteiger partial charge in [0, 0.05) is 11.1 Å². The molecule has 0 saturated heterocycles. The van der Waals surface area contributed by atoms with Crippen molar-refractivity contribution in [2.75, 3.05) is 6.61 Å². The first-order chi connectivity index (χ1) is 7.50. The van der Waals surface area contributed by atoms with Crippen molar-refractivity contribution < 1.29 is 23.8 Å². The third-order valence-corrected chi connectivity index (χ3v) is 1.81. The summed E-state index contributed by atoms with van der Waals surface area (Å²) in [5.41, 5.74) is 5.26. The van der Waals surface area contributed by atoms with E-state index in [0.717, 1.165) is 6.07 Å². The van der Waals surface area contributed by atoms with Crippen LogP contribution in [0, 0.1) is 5.82 Å². The van der Waals surface area contributed by atoms with Gasteiger partial charge in [-0.15, -0.1) is 0 Å². The highest BCUT2D eigenvalue weighted by Gasteiger charge is 2.07. The van der Waals surface area contributed by atoms with E-state index < -0.39 is 24.3 Å². The third-order valence-electron chi connectivity index (χ3n) is 1.81. The van der Waals surface area contributed by atoms with Crippen LogP contribution < -0.4 is 5.73 Å². The topological polar surface area (TPSA) is 89.6 Å². The van der Waals surface area contributed by atoms with Crippen molar-refractivity contribution in [1.29, 1.82) is 0 Å². The summed E-state index contributed by atoms with van der Waals surface area (Å²) >= 11 is 0. The zero-order chi connectivity index (χ0) is 12.1. The van der Waals surface area contributed by atoms with E-state index in [0.29, 0.717) is 0 Å². The quantitative estimate of drug-likeness (QED) is 0.767. The number of nitrogens with two attached hydrogens (primary N) is 1. The molecule has 0 aliphatic heterocycles. The molecular weight excluding hydrogens is 217 g/mol. The number of carboxylic acid groups (broad SMARTS) is 1. The second-order valence-corrected chi connectivity index (χ2v) is 3.06. The van der Waals surface area contributed by atoms with Gasteiger partial charge in [-0.1, -0.05) is 0 Å². The summed E-state index contributed by atoms with van der Waals surface area (Å²) in [6.07, 6.45) is 0. The van der Waals surface area contributed by atoms with Crippen molar-refractivity contribution in [1.82, 2.24) is 0 Å². The zero-order valence-electron chi connectivity index (χ0n) is 8.27. The average molecular weight is 227 g/mol. The van der Waals surface area contributed by atoms with Gasteiger partial charge in [-0.05, 0) is 18.2 Å². The van der Waals surface area contributed by atoms with E-state index in [1.807, 2.05) is 0 Å². The number of ether oxygens (including phenoxy) is 1. The zero-order valence-corrected chi connectivity index (χ0v) is 8.27. The van der Waals surface area contributed by atoms with Gasteiger partial charge in [-0.3, -0.25) is 4.79 Å². The number of benzene rings is 1. The second kappa shape index (κ2) is 5.22. The largest absolute Gasteiger partial charge is 0.480 e. The normalized spacial score (nSPS) is 10.1. The lowest BCUT2D eigenvalue weighted by Gasteiger charge is -2.04. The van der Waals surface area contributed by atoms with Crippen LogP contribution in [-0.2, 0) is 16.1 Å². The lowest BCUT2D eigenvalue weighted by Crippen LogP contribution is -2.12. The predicted octanol–water partition coefficient (Wildman–Crippen LogP) is 0.526. The molecule has 5 nitrogen and oxygen atoms in total. The number of rotatable bonds is 5. The maximum Gasteiger partial charge on any atom is 0.329 e. The molecule has 1 rings (SSSR count). The Morgan fingerprint density at radius 2 is 2.12 bits per heavy atom. The highest BCUT2D eigenvalue weighted by Crippen LogP contribution is 2.11. The number of aliphatic carboxylic acids is 1. The van der Waals surface area contributed by atoms with Crippen LogP contribution in [0.2, 0.25) is 0 Å². The van der Waals surface area contributed by atoms with E-state index in [4.69, 9.17) is 15.6 Å². The van der Waals surface area contributed by atoms with E-state index >= 15 is 0 Å². The number of halogens is 1. The SMILES string of the molecule is NC(=O)c1ccc(F)c(COCC(=O)O)c1. The average Bonchev–Trinajstić information content (AvgIpc) is 2.20. The Hall–Kier alpha value is -1.95. The van der Waals surface area contributed by atoms with Crippen LogP contribution in [0.4, 0.5) is 4.39 Å². The molecule has 0 unspecified atom stereocenters. The van der Waals surface area contributed by atoms with Gasteiger partial charge in [0.2, 0.25) is 5.91 Å². The van der Waals surface area contributed by atoms with E-state index in [1.165, 1.54) is 12.1 Å². The maximum absolute atomic E-state index is 13.2. The van der Waals surface area contributed by atoms with Crippen LogP contribution in [0.25, 0.3) is 0 Å². The molecule has 16 heavy (non-hydrogen) atoms. The number of amides is 1. The van der Waals surface area contributed by atoms with Crippen molar-refractivity contribution in [2.24, 2.45) is 5.73 Å². The molecule has 0 radical (unpaired) electrons. The molecule has 0 aliphatic rings. The summed E-state index contributed by atoms with van der Waals surface area (Å²) in [5, 5.41) is 8.31. The van der Waals surface area contributed by atoms with Gasteiger partial charge in [-0.2, -0.15) is 0 Å². The summed E-state index contributed by atoms with van der Waals surface area (Å²) in [6, 6.07) is 3.57. The summed E-state index contributed by atoms with van der Waals surface area (Å²) in [4.78, 5) is 21.0. The molecular formula is C10H10FNO4. The van der Waals surface area contributed by atoms with Crippen molar-refractivity contribution in [2.45, 2.75) is 6.61 Å². The minimum Gasteiger partial charge on any atom is -0.480 e. The van der Waals surface area contributed by atoms with E-state index in [-0.39, 0.29) is 17.7 Å². The number of hydrogen-bond acceptors (Lipinski definition) is 3. The maximum atomic E-state index is 13.2. The Kier molecular flexibility index (Phi) is 3.96. The predicted molar refractivity (Wildman–Crippen MR) is 52.2 cm³/mol. The molecule has 0 heterocycles. The molecule has 0 saturated carbocycles. The van der Waals surface area contributed by atoms with E-state index in [1.54, 1.807) is 0 Å². The van der Waals surface area contributed by atoms with E-state index in [9.17, 15) is 14.0 Å². The van der Waals surface area contributed by atoms with Crippen LogP contribution in [0.1, 0.15) is 15.9 Å². The Morgan fingerprint density at radius 3 is 2.69 bits per heavy atom. The number of carbonyl (C=O) groups is 2. The second-order valence-electron chi connectivity index (χ2n) is 3.06. The van der Waals surface area contributed by atoms with E-state index in [2.05, 4.69) is 0 Å². The molecule has 0 bridgehead atoms. The molecule has 1 aromatic carbocycles. The highest BCUT2D eigenvalue weighted by molar-refractivity contribution is 5.92. The molecule has 0 aromatic heterocycles. The fraction of sp³-hybridized carbons (Fsp3) is 0.200. The first kappa shape index (κ1) is 12.1. The van der Waals surface area contributed by atoms with Gasteiger partial charge >= 0.3 is 5.97 Å². The van der Waals surface area contributed by atoms with Gasteiger partial charge in [0.15, 0.2) is 0 Å². The van der Waals surface area contributed by atoms with Crippen LogP contribution in [0.15, 0.2) is 18.2 Å². The molecule has 6 heteroatoms. The van der Waals surface area contributed by atoms with Crippen molar-refractivity contribution in [3.05, 3.63) is 35.1 Å². The molecule has 0 atom stereocenters. The third kappa shape index (κ3) is 3.32. The number of carbonyl (C=O) groups excluding carboxylic acids is 1. The van der Waals surface area contributed by atoms with Gasteiger partial charge in [0.05, 0.1) is 6.61 Å². The van der Waals surface area contributed by atoms with Crippen LogP contribution >= 0.6 is 0 Å². The summed E-state index contributed by atoms with van der Waals surface area (Å²) in [6.45, 7) is -0.751. The van der Waals surface area contributed by atoms with Gasteiger partial charge in [-0.25, -0.2) is 9.18 Å². The first-order valence-electron chi connectivity index (χ1n) is 4.38. The van der Waals surface area contributed by atoms with Crippen LogP contribution in [-0.4, -0.2) is 23.6 Å². The fourth-order valence-corrected chi connectivity index (χ4v) is 1.09. The Morgan fingerprint density at radius 1 is 1.44 bits per heavy atom. The standard InChI is InChI=1S/C10H10FNO4/c11-8-2-1-6(10(12)15)3-7(8)4-16-5-9(13)14/h1-3H,4-5H2,(H2,12,15)(H,13,14). The van der Waals surface area contributed by atoms with Crippen LogP contribution in [0.5, 0.6) is 0 Å². The molecule has 1 aromatic rings. The molecule has 0 fully saturated rings. The van der Waals surface area contributed by atoms with Gasteiger partial charge in [0.25, 0.3) is 0 Å². The number of hydrogen-bond donors (Lipinski definition) is 2. The minimum absolute atomic E-state index is 0.0950. The van der Waals surface area contributed by atoms with Crippen molar-refractivity contribution in [3.8, 4) is 0 Å². The smallest absolute Gasteiger partial charge is 0.329 e. The van der Waals surface area contributed by atoms with Gasteiger partial charge < -0.3 is 15.6 Å². The molecule has 3 N–H and O–H groups in total. The summed E-state index contributed by atoms with van der Waals surface area (Å²) in [5.74, 6) is -2.40. The monoisotopic (exact) mass is 227 g/mol. The first-order valence-corrected chi connectivity index (χ1v) is 4.38. The molecule has 1 amide bonds. The number of primary amides is 1. The highest BCUT2D eigenvalue weighted by atomic mass is 19.1. The Bertz CT molecular complexity index is 419. The Balaban J connectivity index is 2.74. The lowest BCUT2D eigenvalue weighted by atomic mass is 10.1. The summed E-state index contributed by atoms with van der Waals surface area (Å²) < 4.78 is 17.9. The molecule has 0 spiro atoms. The molecule has 0 aliphatic carbocycles. The van der Waals surface area contributed by atoms with Crippen LogP contribution in [0.3, 0.4) is 0 Å². The van der Waals surface area contributed by atoms with Crippen molar-refractivity contribution in [3.63, 3.8) is 0 Å². The minimum atomic E-state index is -1.15. The van der Waals surface area contributed by atoms with Gasteiger partial charge in [0.1, 0.15) is 12.4 Å². The van der Waals surface area contributed by atoms with Crippen molar-refractivity contribution >= 4 is 11.9 Å². The Labute approximate surface area is 90.6 Å². The number of carboxylic acids is 1. The lowest BCUT2D eigenvalue weighted by molar-refractivity contribution is -0.142. The molecule has 86 valence electrons. The fourth-order valence-electron chi connectivity index (χ4n) is 1.09.